The van der Waals surface area contributed by atoms with Crippen LogP contribution in [0.1, 0.15) is 92.9 Å². The normalized spacial score (nSPS) is 43.8. The molecule has 9 atom stereocenters. The van der Waals surface area contributed by atoms with Gasteiger partial charge in [-0.15, -0.1) is 0 Å². The van der Waals surface area contributed by atoms with Crippen molar-refractivity contribution >= 4 is 0 Å². The lowest BCUT2D eigenvalue weighted by Crippen LogP contribution is -2.46. The van der Waals surface area contributed by atoms with Crippen LogP contribution >= 0.6 is 0 Å². The second-order valence-electron chi connectivity index (χ2n) is 12.4. The number of allylic oxidation sites excluding steroid dienone is 3. The zero-order chi connectivity index (χ0) is 21.8. The van der Waals surface area contributed by atoms with E-state index in [0.29, 0.717) is 35.0 Å². The van der Waals surface area contributed by atoms with Gasteiger partial charge in [0.05, 0.1) is 12.2 Å². The minimum atomic E-state index is -0.175. The maximum atomic E-state index is 10.8. The van der Waals surface area contributed by atoms with Crippen LogP contribution in [0.25, 0.3) is 0 Å². The first-order valence-corrected chi connectivity index (χ1v) is 12.8. The Morgan fingerprint density at radius 3 is 2.40 bits per heavy atom. The third-order valence-corrected chi connectivity index (χ3v) is 10.6. The van der Waals surface area contributed by atoms with Gasteiger partial charge in [-0.05, 0) is 97.7 Å². The maximum Gasteiger partial charge on any atom is 0.0578 e. The highest BCUT2D eigenvalue weighted by Crippen LogP contribution is 2.66. The van der Waals surface area contributed by atoms with Crippen molar-refractivity contribution in [2.45, 2.75) is 105 Å². The highest BCUT2D eigenvalue weighted by molar-refractivity contribution is 5.38. The molecule has 0 amide bonds. The number of aliphatic hydroxyl groups is 2. The SMILES string of the molecule is CC(C)[C@@H](C)C(O)C[C@@H](C)[C@H]1CC[C@H]2C3=CC=C4C[C@@H](O)CC[C@]4(C)[C@H]3CC[C@]12C. The zero-order valence-corrected chi connectivity index (χ0v) is 20.3. The van der Waals surface area contributed by atoms with E-state index in [-0.39, 0.29) is 17.6 Å². The summed E-state index contributed by atoms with van der Waals surface area (Å²) >= 11 is 0. The van der Waals surface area contributed by atoms with Crippen LogP contribution in [-0.2, 0) is 0 Å². The molecule has 0 bridgehead atoms. The first kappa shape index (κ1) is 22.6. The van der Waals surface area contributed by atoms with Crippen molar-refractivity contribution in [3.8, 4) is 0 Å². The number of fused-ring (bicyclic) bond motifs is 5. The van der Waals surface area contributed by atoms with Crippen LogP contribution in [0.5, 0.6) is 0 Å². The minimum absolute atomic E-state index is 0.135. The third-order valence-electron chi connectivity index (χ3n) is 10.6. The summed E-state index contributed by atoms with van der Waals surface area (Å²) in [5.41, 5.74) is 3.90. The van der Waals surface area contributed by atoms with Crippen LogP contribution in [0.2, 0.25) is 0 Å². The molecule has 0 radical (unpaired) electrons. The van der Waals surface area contributed by atoms with E-state index in [1.807, 2.05) is 0 Å². The quantitative estimate of drug-likeness (QED) is 0.537. The van der Waals surface area contributed by atoms with Crippen molar-refractivity contribution in [3.63, 3.8) is 0 Å². The molecule has 0 spiro atoms. The van der Waals surface area contributed by atoms with Gasteiger partial charge >= 0.3 is 0 Å². The Morgan fingerprint density at radius 1 is 0.967 bits per heavy atom. The van der Waals surface area contributed by atoms with Crippen molar-refractivity contribution in [2.75, 3.05) is 0 Å². The molecule has 30 heavy (non-hydrogen) atoms. The lowest BCUT2D eigenvalue weighted by atomic mass is 9.50. The molecule has 2 nitrogen and oxygen atoms in total. The Kier molecular flexibility index (Phi) is 6.08. The van der Waals surface area contributed by atoms with Gasteiger partial charge in [0.1, 0.15) is 0 Å². The predicted molar refractivity (Wildman–Crippen MR) is 125 cm³/mol. The lowest BCUT2D eigenvalue weighted by Gasteiger charge is -2.55. The molecule has 0 aromatic heterocycles. The Morgan fingerprint density at radius 2 is 1.70 bits per heavy atom. The molecule has 0 heterocycles. The summed E-state index contributed by atoms with van der Waals surface area (Å²) in [5, 5.41) is 21.0. The van der Waals surface area contributed by atoms with Crippen molar-refractivity contribution in [2.24, 2.45) is 46.3 Å². The van der Waals surface area contributed by atoms with E-state index in [0.717, 1.165) is 31.6 Å². The maximum absolute atomic E-state index is 10.8. The first-order chi connectivity index (χ1) is 14.1. The monoisotopic (exact) mass is 414 g/mol. The second-order valence-corrected chi connectivity index (χ2v) is 12.4. The molecule has 4 aliphatic carbocycles. The molecule has 0 aliphatic heterocycles. The molecule has 0 aromatic carbocycles. The van der Waals surface area contributed by atoms with E-state index < -0.39 is 0 Å². The molecule has 1 unspecified atom stereocenters. The van der Waals surface area contributed by atoms with E-state index in [4.69, 9.17) is 0 Å². The van der Waals surface area contributed by atoms with Crippen LogP contribution in [0.4, 0.5) is 0 Å². The molecule has 0 aromatic rings. The lowest BCUT2D eigenvalue weighted by molar-refractivity contribution is 0.0133. The second kappa shape index (κ2) is 8.07. The van der Waals surface area contributed by atoms with Crippen molar-refractivity contribution < 1.29 is 10.2 Å². The fourth-order valence-electron chi connectivity index (χ4n) is 8.16. The van der Waals surface area contributed by atoms with E-state index in [9.17, 15) is 10.2 Å². The van der Waals surface area contributed by atoms with Gasteiger partial charge in [0, 0.05) is 0 Å². The summed E-state index contributed by atoms with van der Waals surface area (Å²) in [4.78, 5) is 0. The summed E-state index contributed by atoms with van der Waals surface area (Å²) in [6.45, 7) is 14.2. The Balaban J connectivity index is 1.54. The van der Waals surface area contributed by atoms with Gasteiger partial charge in [0.15, 0.2) is 0 Å². The Bertz CT molecular complexity index is 705. The first-order valence-electron chi connectivity index (χ1n) is 12.8. The van der Waals surface area contributed by atoms with E-state index in [1.54, 1.807) is 5.57 Å². The number of hydrogen-bond acceptors (Lipinski definition) is 2. The topological polar surface area (TPSA) is 40.5 Å². The van der Waals surface area contributed by atoms with Gasteiger partial charge in [-0.25, -0.2) is 0 Å². The Hall–Kier alpha value is -0.600. The molecule has 2 heteroatoms. The van der Waals surface area contributed by atoms with Gasteiger partial charge < -0.3 is 10.2 Å². The summed E-state index contributed by atoms with van der Waals surface area (Å²) in [7, 11) is 0. The van der Waals surface area contributed by atoms with Crippen molar-refractivity contribution in [3.05, 3.63) is 23.3 Å². The summed E-state index contributed by atoms with van der Waals surface area (Å²) < 4.78 is 0. The third kappa shape index (κ3) is 3.54. The van der Waals surface area contributed by atoms with Gasteiger partial charge in [-0.3, -0.25) is 0 Å². The number of aliphatic hydroxyl groups excluding tert-OH is 2. The highest BCUT2D eigenvalue weighted by Gasteiger charge is 2.57. The molecule has 4 rings (SSSR count). The number of hydrogen-bond donors (Lipinski definition) is 2. The Labute approximate surface area is 185 Å². The van der Waals surface area contributed by atoms with Crippen molar-refractivity contribution in [1.82, 2.24) is 0 Å². The van der Waals surface area contributed by atoms with Crippen LogP contribution in [0, 0.1) is 46.3 Å². The summed E-state index contributed by atoms with van der Waals surface area (Å²) in [5.74, 6) is 3.62. The summed E-state index contributed by atoms with van der Waals surface area (Å²) in [6.07, 6.45) is 13.8. The summed E-state index contributed by atoms with van der Waals surface area (Å²) in [6, 6.07) is 0. The van der Waals surface area contributed by atoms with Gasteiger partial charge in [0.2, 0.25) is 0 Å². The molecule has 170 valence electrons. The van der Waals surface area contributed by atoms with E-state index in [1.165, 1.54) is 31.3 Å². The van der Waals surface area contributed by atoms with E-state index in [2.05, 4.69) is 53.7 Å². The predicted octanol–water partition coefficient (Wildman–Crippen LogP) is 6.53. The fourth-order valence-corrected chi connectivity index (χ4v) is 8.16. The van der Waals surface area contributed by atoms with E-state index >= 15 is 0 Å². The molecule has 2 N–H and O–H groups in total. The fraction of sp³-hybridized carbons (Fsp3) is 0.857. The van der Waals surface area contributed by atoms with Gasteiger partial charge in [0.25, 0.3) is 0 Å². The smallest absolute Gasteiger partial charge is 0.0578 e. The minimum Gasteiger partial charge on any atom is -0.393 e. The van der Waals surface area contributed by atoms with Crippen LogP contribution < -0.4 is 0 Å². The molecular formula is C28H46O2. The van der Waals surface area contributed by atoms with Gasteiger partial charge in [-0.1, -0.05) is 64.8 Å². The number of rotatable bonds is 5. The molecule has 3 fully saturated rings. The average Bonchev–Trinajstić information content (AvgIpc) is 3.05. The molecule has 0 saturated heterocycles. The van der Waals surface area contributed by atoms with Crippen LogP contribution in [0.15, 0.2) is 23.3 Å². The highest BCUT2D eigenvalue weighted by atomic mass is 16.3. The average molecular weight is 415 g/mol. The molecular weight excluding hydrogens is 368 g/mol. The standard InChI is InChI=1S/C28H46O2/c1-17(2)19(4)26(30)15-18(3)23-9-10-24-22-8-7-20-16-21(29)11-13-27(20,5)25(22)12-14-28(23,24)6/h7-8,17-19,21,23-26,29-30H,9-16H2,1-6H3/t18-,19-,21+,23-,24+,25+,26?,27+,28-/m1/s1. The zero-order valence-electron chi connectivity index (χ0n) is 20.3. The molecule has 3 saturated carbocycles. The van der Waals surface area contributed by atoms with Crippen LogP contribution in [0.3, 0.4) is 0 Å². The molecule has 4 aliphatic rings. The van der Waals surface area contributed by atoms with Crippen LogP contribution in [-0.4, -0.2) is 22.4 Å². The van der Waals surface area contributed by atoms with Crippen molar-refractivity contribution in [1.29, 1.82) is 0 Å². The largest absolute Gasteiger partial charge is 0.393 e. The van der Waals surface area contributed by atoms with Gasteiger partial charge in [-0.2, -0.15) is 0 Å².